The van der Waals surface area contributed by atoms with E-state index in [1.165, 1.54) is 6.07 Å². The van der Waals surface area contributed by atoms with E-state index < -0.39 is 0 Å². The van der Waals surface area contributed by atoms with Gasteiger partial charge in [-0.1, -0.05) is 23.7 Å². The lowest BCUT2D eigenvalue weighted by Crippen LogP contribution is -2.06. The fraction of sp³-hybridized carbons (Fsp3) is 0.143. The Balaban J connectivity index is 2.13. The van der Waals surface area contributed by atoms with E-state index in [0.717, 1.165) is 11.3 Å². The molecule has 0 radical (unpaired) electrons. The molecule has 2 aromatic carbocycles. The summed E-state index contributed by atoms with van der Waals surface area (Å²) in [5.74, 6) is -0.275. The molecule has 0 spiro atoms. The largest absolute Gasteiger partial charge is 0.378 e. The van der Waals surface area contributed by atoms with E-state index in [4.69, 9.17) is 11.6 Å². The second-order valence-corrected chi connectivity index (χ2v) is 5.34. The zero-order chi connectivity index (χ0) is 13.1. The van der Waals surface area contributed by atoms with Crippen LogP contribution in [-0.2, 0) is 0 Å². The van der Waals surface area contributed by atoms with Crippen LogP contribution in [0.15, 0.2) is 46.9 Å². The molecular formula is C14H12BrClFN. The van der Waals surface area contributed by atoms with Gasteiger partial charge in [0.05, 0.1) is 4.47 Å². The van der Waals surface area contributed by atoms with E-state index >= 15 is 0 Å². The summed E-state index contributed by atoms with van der Waals surface area (Å²) >= 11 is 8.97. The fourth-order valence-corrected chi connectivity index (χ4v) is 2.04. The van der Waals surface area contributed by atoms with Gasteiger partial charge in [-0.25, -0.2) is 4.39 Å². The Labute approximate surface area is 119 Å². The van der Waals surface area contributed by atoms with Crippen LogP contribution in [0, 0.1) is 5.82 Å². The topological polar surface area (TPSA) is 12.0 Å². The first kappa shape index (κ1) is 13.4. The maximum Gasteiger partial charge on any atom is 0.139 e. The van der Waals surface area contributed by atoms with Crippen molar-refractivity contribution in [2.24, 2.45) is 0 Å². The maximum absolute atomic E-state index is 13.4. The van der Waals surface area contributed by atoms with Crippen molar-refractivity contribution in [2.45, 2.75) is 13.0 Å². The summed E-state index contributed by atoms with van der Waals surface area (Å²) in [5, 5.41) is 3.95. The first-order valence-corrected chi connectivity index (χ1v) is 6.70. The average Bonchev–Trinajstić information content (AvgIpc) is 2.34. The molecule has 4 heteroatoms. The van der Waals surface area contributed by atoms with Gasteiger partial charge in [0.15, 0.2) is 0 Å². The van der Waals surface area contributed by atoms with Crippen LogP contribution in [0.1, 0.15) is 18.5 Å². The van der Waals surface area contributed by atoms with Crippen LogP contribution >= 0.6 is 27.5 Å². The smallest absolute Gasteiger partial charge is 0.139 e. The first-order chi connectivity index (χ1) is 8.56. The number of nitrogens with one attached hydrogen (secondary N) is 1. The Morgan fingerprint density at radius 1 is 1.17 bits per heavy atom. The van der Waals surface area contributed by atoms with Crippen molar-refractivity contribution in [3.8, 4) is 0 Å². The number of benzene rings is 2. The van der Waals surface area contributed by atoms with Gasteiger partial charge in [-0.2, -0.15) is 0 Å². The molecule has 0 heterocycles. The van der Waals surface area contributed by atoms with Gasteiger partial charge >= 0.3 is 0 Å². The number of halogens is 3. The van der Waals surface area contributed by atoms with Crippen LogP contribution in [0.5, 0.6) is 0 Å². The Kier molecular flexibility index (Phi) is 4.25. The highest BCUT2D eigenvalue weighted by Crippen LogP contribution is 2.24. The third-order valence-electron chi connectivity index (χ3n) is 2.67. The summed E-state index contributed by atoms with van der Waals surface area (Å²) < 4.78 is 13.8. The molecule has 1 atom stereocenters. The third kappa shape index (κ3) is 3.24. The first-order valence-electron chi connectivity index (χ1n) is 5.53. The minimum Gasteiger partial charge on any atom is -0.378 e. The highest BCUT2D eigenvalue weighted by atomic mass is 79.9. The van der Waals surface area contributed by atoms with Gasteiger partial charge < -0.3 is 5.32 Å². The number of anilines is 1. The maximum atomic E-state index is 13.4. The van der Waals surface area contributed by atoms with Crippen LogP contribution in [-0.4, -0.2) is 0 Å². The van der Waals surface area contributed by atoms with E-state index in [2.05, 4.69) is 21.2 Å². The van der Waals surface area contributed by atoms with Crippen molar-refractivity contribution in [2.75, 3.05) is 5.32 Å². The highest BCUT2D eigenvalue weighted by molar-refractivity contribution is 9.10. The average molecular weight is 329 g/mol. The standard InChI is InChI=1S/C14H12BrClFN/c1-9(10-2-4-11(16)5-3-10)18-12-6-7-13(15)14(17)8-12/h2-9,18H,1H3. The number of hydrogen-bond donors (Lipinski definition) is 1. The number of hydrogen-bond acceptors (Lipinski definition) is 1. The second kappa shape index (κ2) is 5.72. The predicted octanol–water partition coefficient (Wildman–Crippen LogP) is 5.41. The Bertz CT molecular complexity index is 542. The lowest BCUT2D eigenvalue weighted by Gasteiger charge is -2.16. The van der Waals surface area contributed by atoms with Gasteiger partial charge in [-0.05, 0) is 58.7 Å². The molecular weight excluding hydrogens is 317 g/mol. The molecule has 2 rings (SSSR count). The van der Waals surface area contributed by atoms with Gasteiger partial charge in [-0.3, -0.25) is 0 Å². The van der Waals surface area contributed by atoms with Crippen molar-refractivity contribution < 1.29 is 4.39 Å². The van der Waals surface area contributed by atoms with Crippen LogP contribution in [0.2, 0.25) is 5.02 Å². The van der Waals surface area contributed by atoms with Crippen molar-refractivity contribution in [3.05, 3.63) is 63.3 Å². The lowest BCUT2D eigenvalue weighted by atomic mass is 10.1. The summed E-state index contributed by atoms with van der Waals surface area (Å²) in [6.07, 6.45) is 0. The van der Waals surface area contributed by atoms with Gasteiger partial charge in [-0.15, -0.1) is 0 Å². The van der Waals surface area contributed by atoms with Crippen molar-refractivity contribution in [1.82, 2.24) is 0 Å². The fourth-order valence-electron chi connectivity index (χ4n) is 1.67. The molecule has 1 unspecified atom stereocenters. The van der Waals surface area contributed by atoms with E-state index in [9.17, 15) is 4.39 Å². The normalized spacial score (nSPS) is 12.2. The third-order valence-corrected chi connectivity index (χ3v) is 3.57. The Morgan fingerprint density at radius 2 is 1.83 bits per heavy atom. The van der Waals surface area contributed by atoms with Crippen molar-refractivity contribution in [3.63, 3.8) is 0 Å². The summed E-state index contributed by atoms with van der Waals surface area (Å²) in [4.78, 5) is 0. The number of rotatable bonds is 3. The zero-order valence-corrected chi connectivity index (χ0v) is 12.1. The molecule has 0 fully saturated rings. The van der Waals surface area contributed by atoms with E-state index in [-0.39, 0.29) is 11.9 Å². The van der Waals surface area contributed by atoms with Crippen LogP contribution in [0.3, 0.4) is 0 Å². The molecule has 0 saturated carbocycles. The van der Waals surface area contributed by atoms with Crippen molar-refractivity contribution >= 4 is 33.2 Å². The molecule has 1 N–H and O–H groups in total. The molecule has 0 amide bonds. The van der Waals surface area contributed by atoms with E-state index in [1.54, 1.807) is 6.07 Å². The SMILES string of the molecule is CC(Nc1ccc(Br)c(F)c1)c1ccc(Cl)cc1. The monoisotopic (exact) mass is 327 g/mol. The quantitative estimate of drug-likeness (QED) is 0.794. The van der Waals surface area contributed by atoms with Crippen LogP contribution in [0.25, 0.3) is 0 Å². The molecule has 0 aliphatic rings. The molecule has 0 aliphatic carbocycles. The molecule has 0 saturated heterocycles. The summed E-state index contributed by atoms with van der Waals surface area (Å²) in [6, 6.07) is 12.7. The highest BCUT2D eigenvalue weighted by Gasteiger charge is 2.06. The van der Waals surface area contributed by atoms with E-state index in [1.807, 2.05) is 37.3 Å². The minimum absolute atomic E-state index is 0.0860. The Morgan fingerprint density at radius 3 is 2.44 bits per heavy atom. The molecule has 0 aromatic heterocycles. The summed E-state index contributed by atoms with van der Waals surface area (Å²) in [7, 11) is 0. The molecule has 18 heavy (non-hydrogen) atoms. The lowest BCUT2D eigenvalue weighted by molar-refractivity contribution is 0.621. The van der Waals surface area contributed by atoms with Gasteiger partial charge in [0.25, 0.3) is 0 Å². The molecule has 94 valence electrons. The van der Waals surface area contributed by atoms with Crippen LogP contribution < -0.4 is 5.32 Å². The molecule has 2 aromatic rings. The van der Waals surface area contributed by atoms with E-state index in [0.29, 0.717) is 9.50 Å². The molecule has 1 nitrogen and oxygen atoms in total. The van der Waals surface area contributed by atoms with Gasteiger partial charge in [0, 0.05) is 16.8 Å². The van der Waals surface area contributed by atoms with Gasteiger partial charge in [0.1, 0.15) is 5.82 Å². The zero-order valence-electron chi connectivity index (χ0n) is 9.75. The second-order valence-electron chi connectivity index (χ2n) is 4.05. The molecule has 0 bridgehead atoms. The summed E-state index contributed by atoms with van der Waals surface area (Å²) in [5.41, 5.74) is 1.85. The Hall–Kier alpha value is -1.06. The summed E-state index contributed by atoms with van der Waals surface area (Å²) in [6.45, 7) is 2.02. The molecule has 0 aliphatic heterocycles. The van der Waals surface area contributed by atoms with Crippen molar-refractivity contribution in [1.29, 1.82) is 0 Å². The predicted molar refractivity (Wildman–Crippen MR) is 77.6 cm³/mol. The van der Waals surface area contributed by atoms with Crippen LogP contribution in [0.4, 0.5) is 10.1 Å². The van der Waals surface area contributed by atoms with Gasteiger partial charge in [0.2, 0.25) is 0 Å². The minimum atomic E-state index is -0.275.